The number of carbonyl (C=O) groups is 1. The van der Waals surface area contributed by atoms with Crippen LogP contribution in [0, 0.1) is 20.8 Å². The third kappa shape index (κ3) is 2.14. The van der Waals surface area contributed by atoms with Crippen molar-refractivity contribution in [3.05, 3.63) is 64.2 Å². The van der Waals surface area contributed by atoms with Gasteiger partial charge in [-0.05, 0) is 43.5 Å². The molecule has 0 saturated carbocycles. The fraction of sp³-hybridized carbons (Fsp3) is 0.278. The highest BCUT2D eigenvalue weighted by molar-refractivity contribution is 6.05. The van der Waals surface area contributed by atoms with Crippen molar-refractivity contribution >= 4 is 11.6 Å². The van der Waals surface area contributed by atoms with Crippen LogP contribution in [-0.4, -0.2) is 11.0 Å². The zero-order chi connectivity index (χ0) is 15.2. The van der Waals surface area contributed by atoms with Crippen LogP contribution in [-0.2, 0) is 16.8 Å². The molecule has 1 aliphatic rings. The second-order valence-electron chi connectivity index (χ2n) is 5.91. The molecule has 1 aliphatic heterocycles. The molecular weight excluding hydrogens is 262 g/mol. The molecule has 1 unspecified atom stereocenters. The lowest BCUT2D eigenvalue weighted by Gasteiger charge is -2.23. The highest BCUT2D eigenvalue weighted by Crippen LogP contribution is 2.39. The van der Waals surface area contributed by atoms with Crippen LogP contribution in [0.5, 0.6) is 0 Å². The predicted octanol–water partition coefficient (Wildman–Crippen LogP) is 2.99. The Bertz CT molecular complexity index is 713. The van der Waals surface area contributed by atoms with Gasteiger partial charge in [0.2, 0.25) is 0 Å². The van der Waals surface area contributed by atoms with Crippen LogP contribution in [0.4, 0.5) is 5.69 Å². The first-order valence-corrected chi connectivity index (χ1v) is 7.12. The number of rotatable bonds is 2. The van der Waals surface area contributed by atoms with Gasteiger partial charge in [0.05, 0.1) is 0 Å². The first-order chi connectivity index (χ1) is 9.91. The van der Waals surface area contributed by atoms with E-state index in [0.29, 0.717) is 17.7 Å². The highest BCUT2D eigenvalue weighted by atomic mass is 16.3. The Morgan fingerprint density at radius 1 is 1.10 bits per heavy atom. The fourth-order valence-corrected chi connectivity index (χ4v) is 3.22. The average molecular weight is 281 g/mol. The van der Waals surface area contributed by atoms with E-state index in [1.807, 2.05) is 38.1 Å². The van der Waals surface area contributed by atoms with E-state index in [2.05, 4.69) is 24.4 Å². The van der Waals surface area contributed by atoms with E-state index in [1.54, 1.807) is 0 Å². The van der Waals surface area contributed by atoms with E-state index < -0.39 is 5.60 Å². The van der Waals surface area contributed by atoms with Gasteiger partial charge < -0.3 is 10.4 Å². The summed E-state index contributed by atoms with van der Waals surface area (Å²) in [4.78, 5) is 12.3. The van der Waals surface area contributed by atoms with Crippen molar-refractivity contribution in [2.75, 3.05) is 5.32 Å². The molecule has 21 heavy (non-hydrogen) atoms. The van der Waals surface area contributed by atoms with Crippen molar-refractivity contribution < 1.29 is 9.90 Å². The van der Waals surface area contributed by atoms with Gasteiger partial charge >= 0.3 is 0 Å². The number of aryl methyl sites for hydroxylation is 3. The van der Waals surface area contributed by atoms with E-state index in [9.17, 15) is 9.90 Å². The van der Waals surface area contributed by atoms with Crippen LogP contribution in [0.2, 0.25) is 0 Å². The molecule has 3 nitrogen and oxygen atoms in total. The summed E-state index contributed by atoms with van der Waals surface area (Å²) in [5.74, 6) is -0.344. The lowest BCUT2D eigenvalue weighted by Crippen LogP contribution is -2.36. The van der Waals surface area contributed by atoms with Crippen molar-refractivity contribution in [1.82, 2.24) is 0 Å². The van der Waals surface area contributed by atoms with Crippen molar-refractivity contribution in [2.45, 2.75) is 32.8 Å². The van der Waals surface area contributed by atoms with E-state index >= 15 is 0 Å². The van der Waals surface area contributed by atoms with E-state index in [0.717, 1.165) is 16.7 Å². The summed E-state index contributed by atoms with van der Waals surface area (Å²) in [5, 5.41) is 13.7. The first-order valence-electron chi connectivity index (χ1n) is 7.12. The molecule has 1 heterocycles. The summed E-state index contributed by atoms with van der Waals surface area (Å²) in [5.41, 5.74) is 4.33. The zero-order valence-electron chi connectivity index (χ0n) is 12.5. The Morgan fingerprint density at radius 3 is 2.38 bits per heavy atom. The molecule has 108 valence electrons. The molecule has 0 saturated heterocycles. The fourth-order valence-electron chi connectivity index (χ4n) is 3.22. The normalized spacial score (nSPS) is 20.3. The maximum absolute atomic E-state index is 12.3. The minimum Gasteiger partial charge on any atom is -0.375 e. The van der Waals surface area contributed by atoms with Crippen LogP contribution in [0.1, 0.15) is 27.8 Å². The van der Waals surface area contributed by atoms with Crippen molar-refractivity contribution in [2.24, 2.45) is 0 Å². The molecule has 0 radical (unpaired) electrons. The number of fused-ring (bicyclic) bond motifs is 1. The van der Waals surface area contributed by atoms with Gasteiger partial charge in [-0.25, -0.2) is 0 Å². The van der Waals surface area contributed by atoms with Gasteiger partial charge in [0.25, 0.3) is 5.91 Å². The number of benzene rings is 2. The van der Waals surface area contributed by atoms with E-state index in [1.165, 1.54) is 5.56 Å². The topological polar surface area (TPSA) is 49.3 Å². The minimum absolute atomic E-state index is 0.299. The number of amides is 1. The zero-order valence-corrected chi connectivity index (χ0v) is 12.5. The van der Waals surface area contributed by atoms with E-state index in [-0.39, 0.29) is 5.91 Å². The lowest BCUT2D eigenvalue weighted by molar-refractivity contribution is -0.133. The lowest BCUT2D eigenvalue weighted by atomic mass is 9.84. The van der Waals surface area contributed by atoms with Gasteiger partial charge in [0.1, 0.15) is 0 Å². The minimum atomic E-state index is -1.48. The molecule has 0 bridgehead atoms. The molecule has 3 rings (SSSR count). The molecule has 1 atom stereocenters. The molecule has 2 aromatic rings. The number of hydrogen-bond acceptors (Lipinski definition) is 2. The third-order valence-corrected chi connectivity index (χ3v) is 4.27. The number of hydrogen-bond donors (Lipinski definition) is 2. The number of para-hydroxylation sites is 1. The summed E-state index contributed by atoms with van der Waals surface area (Å²) in [6, 6.07) is 11.5. The van der Waals surface area contributed by atoms with Crippen molar-refractivity contribution in [1.29, 1.82) is 0 Å². The van der Waals surface area contributed by atoms with Crippen LogP contribution in [0.15, 0.2) is 36.4 Å². The molecule has 0 aromatic heterocycles. The number of carbonyl (C=O) groups excluding carboxylic acids is 1. The molecule has 2 N–H and O–H groups in total. The maximum atomic E-state index is 12.3. The molecule has 0 fully saturated rings. The summed E-state index contributed by atoms with van der Waals surface area (Å²) in [6.07, 6.45) is 0.299. The largest absolute Gasteiger partial charge is 0.375 e. The Hall–Kier alpha value is -2.13. The van der Waals surface area contributed by atoms with Crippen LogP contribution in [0.25, 0.3) is 0 Å². The second kappa shape index (κ2) is 4.71. The monoisotopic (exact) mass is 281 g/mol. The standard InChI is InChI=1S/C18H19NO2/c1-11-8-12(2)14(13(3)9-11)10-18(21)15-6-4-5-7-16(15)19-17(18)20/h4-9,21H,10H2,1-3H3,(H,19,20). The summed E-state index contributed by atoms with van der Waals surface area (Å²) in [6.45, 7) is 6.10. The predicted molar refractivity (Wildman–Crippen MR) is 83.3 cm³/mol. The van der Waals surface area contributed by atoms with Crippen LogP contribution in [0.3, 0.4) is 0 Å². The Morgan fingerprint density at radius 2 is 1.71 bits per heavy atom. The number of aliphatic hydroxyl groups is 1. The summed E-state index contributed by atoms with van der Waals surface area (Å²) < 4.78 is 0. The average Bonchev–Trinajstić information content (AvgIpc) is 2.67. The Kier molecular flexibility index (Phi) is 3.10. The Balaban J connectivity index is 2.08. The van der Waals surface area contributed by atoms with Gasteiger partial charge in [0.15, 0.2) is 5.60 Å². The number of anilines is 1. The SMILES string of the molecule is Cc1cc(C)c(CC2(O)C(=O)Nc3ccccc32)c(C)c1. The van der Waals surface area contributed by atoms with E-state index in [4.69, 9.17) is 0 Å². The second-order valence-corrected chi connectivity index (χ2v) is 5.91. The van der Waals surface area contributed by atoms with Crippen LogP contribution >= 0.6 is 0 Å². The van der Waals surface area contributed by atoms with Gasteiger partial charge in [-0.1, -0.05) is 35.9 Å². The van der Waals surface area contributed by atoms with Gasteiger partial charge in [0, 0.05) is 17.7 Å². The van der Waals surface area contributed by atoms with Gasteiger partial charge in [-0.15, -0.1) is 0 Å². The third-order valence-electron chi connectivity index (χ3n) is 4.27. The summed E-state index contributed by atoms with van der Waals surface area (Å²) >= 11 is 0. The molecule has 2 aromatic carbocycles. The molecule has 0 spiro atoms. The number of nitrogens with one attached hydrogen (secondary N) is 1. The Labute approximate surface area is 124 Å². The maximum Gasteiger partial charge on any atom is 0.261 e. The van der Waals surface area contributed by atoms with Crippen LogP contribution < -0.4 is 5.32 Å². The van der Waals surface area contributed by atoms with Gasteiger partial charge in [-0.2, -0.15) is 0 Å². The van der Waals surface area contributed by atoms with Crippen molar-refractivity contribution in [3.8, 4) is 0 Å². The molecule has 3 heteroatoms. The molecular formula is C18H19NO2. The summed E-state index contributed by atoms with van der Waals surface area (Å²) in [7, 11) is 0. The molecule has 1 amide bonds. The molecule has 0 aliphatic carbocycles. The smallest absolute Gasteiger partial charge is 0.261 e. The van der Waals surface area contributed by atoms with Crippen molar-refractivity contribution in [3.63, 3.8) is 0 Å². The first kappa shape index (κ1) is 13.8. The van der Waals surface area contributed by atoms with Gasteiger partial charge in [-0.3, -0.25) is 4.79 Å². The quantitative estimate of drug-likeness (QED) is 0.889. The highest BCUT2D eigenvalue weighted by Gasteiger charge is 2.45.